The molecule has 104 valence electrons. The Morgan fingerprint density at radius 1 is 1.30 bits per heavy atom. The smallest absolute Gasteiger partial charge is 0.236 e. The van der Waals surface area contributed by atoms with E-state index in [1.807, 2.05) is 26.0 Å². The van der Waals surface area contributed by atoms with Crippen LogP contribution in [0.3, 0.4) is 0 Å². The van der Waals surface area contributed by atoms with Crippen LogP contribution in [0.2, 0.25) is 0 Å². The molecule has 2 rings (SSSR count). The lowest BCUT2D eigenvalue weighted by Gasteiger charge is -1.98. The predicted octanol–water partition coefficient (Wildman–Crippen LogP) is 2.68. The summed E-state index contributed by atoms with van der Waals surface area (Å²) in [5, 5.41) is 14.2. The third kappa shape index (κ3) is 3.21. The molecule has 1 heterocycles. The number of hydrazone groups is 1. The minimum absolute atomic E-state index is 0.203. The molecule has 1 amide bonds. The molecule has 0 spiro atoms. The lowest BCUT2D eigenvalue weighted by atomic mass is 10.2. The van der Waals surface area contributed by atoms with Crippen LogP contribution >= 0.6 is 11.3 Å². The number of hydrogen-bond donors (Lipinski definition) is 2. The van der Waals surface area contributed by atoms with Gasteiger partial charge in [0, 0.05) is 12.5 Å². The normalized spacial score (nSPS) is 11.4. The number of aryl methyl sites for hydroxylation is 1. The van der Waals surface area contributed by atoms with E-state index >= 15 is 0 Å². The second-order valence-corrected chi connectivity index (χ2v) is 5.34. The summed E-state index contributed by atoms with van der Waals surface area (Å²) >= 11 is 1.50. The molecule has 5 nitrogen and oxygen atoms in total. The lowest BCUT2D eigenvalue weighted by molar-refractivity contribution is -0.118. The average molecular weight is 289 g/mol. The summed E-state index contributed by atoms with van der Waals surface area (Å²) in [5.41, 5.74) is 4.95. The first-order valence-electron chi connectivity index (χ1n) is 6.05. The summed E-state index contributed by atoms with van der Waals surface area (Å²) in [4.78, 5) is 16.3. The van der Waals surface area contributed by atoms with E-state index in [0.29, 0.717) is 0 Å². The molecular formula is C14H15N3O2S. The highest BCUT2D eigenvalue weighted by Gasteiger charge is 2.12. The maximum absolute atomic E-state index is 10.9. The maximum Gasteiger partial charge on any atom is 0.236 e. The second-order valence-electron chi connectivity index (χ2n) is 4.35. The van der Waals surface area contributed by atoms with Gasteiger partial charge in [0.25, 0.3) is 0 Å². The zero-order valence-electron chi connectivity index (χ0n) is 11.5. The molecule has 0 radical (unpaired) electrons. The van der Waals surface area contributed by atoms with E-state index in [9.17, 15) is 9.90 Å². The van der Waals surface area contributed by atoms with Crippen molar-refractivity contribution < 1.29 is 9.90 Å². The Bertz CT molecular complexity index is 660. The van der Waals surface area contributed by atoms with Gasteiger partial charge in [0.1, 0.15) is 10.8 Å². The van der Waals surface area contributed by atoms with E-state index in [0.717, 1.165) is 26.9 Å². The molecule has 1 aromatic carbocycles. The number of nitrogens with zero attached hydrogens (tertiary/aromatic N) is 2. The van der Waals surface area contributed by atoms with Gasteiger partial charge in [0.05, 0.1) is 16.3 Å². The van der Waals surface area contributed by atoms with Crippen LogP contribution in [0.15, 0.2) is 29.4 Å². The summed E-state index contributed by atoms with van der Waals surface area (Å²) in [5.74, 6) is 0.0240. The molecule has 0 unspecified atom stereocenters. The van der Waals surface area contributed by atoms with Gasteiger partial charge in [-0.2, -0.15) is 5.10 Å². The van der Waals surface area contributed by atoms with Gasteiger partial charge >= 0.3 is 0 Å². The van der Waals surface area contributed by atoms with E-state index in [1.165, 1.54) is 18.3 Å². The Morgan fingerprint density at radius 2 is 1.95 bits per heavy atom. The number of rotatable bonds is 3. The molecule has 0 fully saturated rings. The minimum atomic E-state index is -0.203. The zero-order chi connectivity index (χ0) is 14.7. The molecule has 0 aliphatic heterocycles. The van der Waals surface area contributed by atoms with Gasteiger partial charge in [-0.15, -0.1) is 11.3 Å². The number of carbonyl (C=O) groups excluding carboxylic acids is 1. The van der Waals surface area contributed by atoms with E-state index in [-0.39, 0.29) is 11.7 Å². The first-order valence-corrected chi connectivity index (χ1v) is 6.87. The zero-order valence-corrected chi connectivity index (χ0v) is 12.3. The van der Waals surface area contributed by atoms with Crippen LogP contribution in [-0.4, -0.2) is 21.7 Å². The molecule has 0 aliphatic rings. The fourth-order valence-electron chi connectivity index (χ4n) is 1.67. The fourth-order valence-corrected chi connectivity index (χ4v) is 2.69. The summed E-state index contributed by atoms with van der Waals surface area (Å²) in [7, 11) is 0. The lowest BCUT2D eigenvalue weighted by Crippen LogP contribution is -2.14. The summed E-state index contributed by atoms with van der Waals surface area (Å²) in [6, 6.07) is 6.89. The van der Waals surface area contributed by atoms with E-state index in [1.54, 1.807) is 12.1 Å². The Balaban J connectivity index is 2.32. The molecule has 0 saturated heterocycles. The molecule has 2 N–H and O–H groups in total. The molecule has 0 atom stereocenters. The highest BCUT2D eigenvalue weighted by Crippen LogP contribution is 2.29. The van der Waals surface area contributed by atoms with Gasteiger partial charge < -0.3 is 5.11 Å². The van der Waals surface area contributed by atoms with Gasteiger partial charge in [-0.1, -0.05) is 0 Å². The highest BCUT2D eigenvalue weighted by atomic mass is 32.1. The third-order valence-corrected chi connectivity index (χ3v) is 3.94. The number of aromatic hydroxyl groups is 1. The average Bonchev–Trinajstić information content (AvgIpc) is 2.79. The van der Waals surface area contributed by atoms with Crippen LogP contribution in [0.25, 0.3) is 10.6 Å². The molecular weight excluding hydrogens is 274 g/mol. The first-order chi connectivity index (χ1) is 9.47. The van der Waals surface area contributed by atoms with Crippen molar-refractivity contribution >= 4 is 23.0 Å². The Hall–Kier alpha value is -2.21. The largest absolute Gasteiger partial charge is 0.508 e. The number of thiazole rings is 1. The number of phenolic OH excluding ortho intramolecular Hbond substituents is 1. The number of aromatic nitrogens is 1. The molecule has 0 aliphatic carbocycles. The topological polar surface area (TPSA) is 74.6 Å². The summed E-state index contributed by atoms with van der Waals surface area (Å²) < 4.78 is 0. The number of nitrogens with one attached hydrogen (secondary N) is 1. The van der Waals surface area contributed by atoms with Crippen molar-refractivity contribution in [3.63, 3.8) is 0 Å². The molecule has 0 saturated carbocycles. The summed E-state index contributed by atoms with van der Waals surface area (Å²) in [6.07, 6.45) is 0. The number of phenols is 1. The Labute approximate surface area is 121 Å². The van der Waals surface area contributed by atoms with E-state index < -0.39 is 0 Å². The van der Waals surface area contributed by atoms with Crippen LogP contribution in [0.5, 0.6) is 5.75 Å². The molecule has 6 heteroatoms. The van der Waals surface area contributed by atoms with Crippen molar-refractivity contribution in [2.45, 2.75) is 20.8 Å². The van der Waals surface area contributed by atoms with Gasteiger partial charge in [-0.3, -0.25) is 4.79 Å². The van der Waals surface area contributed by atoms with Crippen LogP contribution in [-0.2, 0) is 4.79 Å². The maximum atomic E-state index is 10.9. The third-order valence-electron chi connectivity index (χ3n) is 2.62. The van der Waals surface area contributed by atoms with Crippen LogP contribution in [0, 0.1) is 6.92 Å². The van der Waals surface area contributed by atoms with Crippen LogP contribution in [0.4, 0.5) is 0 Å². The Morgan fingerprint density at radius 3 is 2.55 bits per heavy atom. The van der Waals surface area contributed by atoms with Crippen molar-refractivity contribution in [2.24, 2.45) is 5.10 Å². The van der Waals surface area contributed by atoms with Crippen LogP contribution in [0.1, 0.15) is 24.4 Å². The van der Waals surface area contributed by atoms with Gasteiger partial charge in [0.15, 0.2) is 0 Å². The first kappa shape index (κ1) is 14.2. The van der Waals surface area contributed by atoms with Crippen LogP contribution < -0.4 is 5.43 Å². The molecule has 0 bridgehead atoms. The standard InChI is InChI=1S/C14H15N3O2S/c1-8-13(9(2)16-17-10(3)18)20-14(15-8)11-4-6-12(19)7-5-11/h4-7,19H,1-3H3,(H,17,18)/b16-9+. The minimum Gasteiger partial charge on any atom is -0.508 e. The number of carbonyl (C=O) groups is 1. The summed E-state index contributed by atoms with van der Waals surface area (Å²) in [6.45, 7) is 5.15. The monoisotopic (exact) mass is 289 g/mol. The Kier molecular flexibility index (Phi) is 4.14. The molecule has 1 aromatic heterocycles. The number of hydrogen-bond acceptors (Lipinski definition) is 5. The predicted molar refractivity (Wildman–Crippen MR) is 80.0 cm³/mol. The second kappa shape index (κ2) is 5.83. The molecule has 2 aromatic rings. The van der Waals surface area contributed by atoms with Crippen molar-refractivity contribution in [1.29, 1.82) is 0 Å². The number of amides is 1. The fraction of sp³-hybridized carbons (Fsp3) is 0.214. The number of benzene rings is 1. The van der Waals surface area contributed by atoms with Crippen molar-refractivity contribution in [2.75, 3.05) is 0 Å². The van der Waals surface area contributed by atoms with Gasteiger partial charge in [0.2, 0.25) is 5.91 Å². The van der Waals surface area contributed by atoms with Crippen molar-refractivity contribution in [3.8, 4) is 16.3 Å². The highest BCUT2D eigenvalue weighted by molar-refractivity contribution is 7.17. The van der Waals surface area contributed by atoms with Crippen molar-refractivity contribution in [3.05, 3.63) is 34.8 Å². The van der Waals surface area contributed by atoms with Gasteiger partial charge in [-0.05, 0) is 38.1 Å². The molecule has 20 heavy (non-hydrogen) atoms. The van der Waals surface area contributed by atoms with E-state index in [2.05, 4.69) is 15.5 Å². The van der Waals surface area contributed by atoms with E-state index in [4.69, 9.17) is 0 Å². The quantitative estimate of drug-likeness (QED) is 0.674. The SMILES string of the molecule is CC(=O)N/N=C(\C)c1sc(-c2ccc(O)cc2)nc1C. The van der Waals surface area contributed by atoms with Crippen molar-refractivity contribution in [1.82, 2.24) is 10.4 Å². The van der Waals surface area contributed by atoms with Gasteiger partial charge in [-0.25, -0.2) is 10.4 Å².